The summed E-state index contributed by atoms with van der Waals surface area (Å²) < 4.78 is 0. The third kappa shape index (κ3) is 2.61. The minimum absolute atomic E-state index is 0.0869. The molecule has 17 heavy (non-hydrogen) atoms. The predicted molar refractivity (Wildman–Crippen MR) is 73.5 cm³/mol. The average Bonchev–Trinajstić information content (AvgIpc) is 2.38. The maximum atomic E-state index is 11.9. The Hall–Kier alpha value is -1.48. The van der Waals surface area contributed by atoms with Gasteiger partial charge in [0.25, 0.3) is 5.24 Å². The Labute approximate surface area is 106 Å². The number of hydrogen-bond acceptors (Lipinski definition) is 2. The number of hydrogen-bond donors (Lipinski definition) is 0. The number of fused-ring (bicyclic) bond motifs is 1. The Morgan fingerprint density at radius 1 is 1.18 bits per heavy atom. The smallest absolute Gasteiger partial charge is 0.286 e. The van der Waals surface area contributed by atoms with Crippen molar-refractivity contribution in [2.75, 3.05) is 13.6 Å². The van der Waals surface area contributed by atoms with Crippen molar-refractivity contribution in [1.29, 1.82) is 0 Å². The first-order valence-electron chi connectivity index (χ1n) is 5.63. The zero-order valence-electron chi connectivity index (χ0n) is 10.0. The molecule has 0 aliphatic rings. The van der Waals surface area contributed by atoms with Crippen LogP contribution in [0.2, 0.25) is 0 Å². The van der Waals surface area contributed by atoms with E-state index in [4.69, 9.17) is 0 Å². The lowest BCUT2D eigenvalue weighted by Gasteiger charge is -2.14. The van der Waals surface area contributed by atoms with Gasteiger partial charge in [-0.25, -0.2) is 0 Å². The fourth-order valence-electron chi connectivity index (χ4n) is 1.59. The molecule has 2 rings (SSSR count). The molecule has 2 aromatic rings. The Balaban J connectivity index is 2.33. The van der Waals surface area contributed by atoms with Gasteiger partial charge in [-0.3, -0.25) is 4.79 Å². The molecule has 0 heterocycles. The van der Waals surface area contributed by atoms with Gasteiger partial charge in [0.2, 0.25) is 0 Å². The maximum absolute atomic E-state index is 11.9. The van der Waals surface area contributed by atoms with Crippen molar-refractivity contribution in [2.24, 2.45) is 0 Å². The molecule has 88 valence electrons. The first-order chi connectivity index (χ1) is 8.22. The predicted octanol–water partition coefficient (Wildman–Crippen LogP) is 4.00. The summed E-state index contributed by atoms with van der Waals surface area (Å²) in [6, 6.07) is 14.2. The number of nitrogens with zero attached hydrogens (tertiary/aromatic N) is 1. The Morgan fingerprint density at radius 2 is 1.88 bits per heavy atom. The van der Waals surface area contributed by atoms with Gasteiger partial charge in [-0.15, -0.1) is 0 Å². The van der Waals surface area contributed by atoms with E-state index in [9.17, 15) is 4.79 Å². The molecule has 0 unspecified atom stereocenters. The van der Waals surface area contributed by atoms with Crippen LogP contribution in [0.15, 0.2) is 47.4 Å². The van der Waals surface area contributed by atoms with Gasteiger partial charge in [0.05, 0.1) is 0 Å². The molecule has 0 saturated carbocycles. The minimum Gasteiger partial charge on any atom is -0.337 e. The fourth-order valence-corrected chi connectivity index (χ4v) is 2.50. The number of rotatable bonds is 2. The standard InChI is InChI=1S/C14H15NOS/c1-3-15(2)14(16)17-13-10-6-8-11-7-4-5-9-12(11)13/h4-10H,3H2,1-2H3. The van der Waals surface area contributed by atoms with E-state index in [1.807, 2.05) is 38.2 Å². The van der Waals surface area contributed by atoms with Gasteiger partial charge >= 0.3 is 0 Å². The average molecular weight is 245 g/mol. The highest BCUT2D eigenvalue weighted by atomic mass is 32.2. The summed E-state index contributed by atoms with van der Waals surface area (Å²) in [5.74, 6) is 0. The molecule has 0 aliphatic carbocycles. The molecule has 0 radical (unpaired) electrons. The van der Waals surface area contributed by atoms with E-state index in [0.29, 0.717) is 0 Å². The third-order valence-electron chi connectivity index (χ3n) is 2.73. The summed E-state index contributed by atoms with van der Waals surface area (Å²) in [5, 5.41) is 2.39. The molecule has 2 nitrogen and oxygen atoms in total. The van der Waals surface area contributed by atoms with Crippen molar-refractivity contribution < 1.29 is 4.79 Å². The second-order valence-corrected chi connectivity index (χ2v) is 4.85. The zero-order valence-corrected chi connectivity index (χ0v) is 10.8. The second kappa shape index (κ2) is 5.23. The summed E-state index contributed by atoms with van der Waals surface area (Å²) in [5.41, 5.74) is 0. The van der Waals surface area contributed by atoms with Gasteiger partial charge in [-0.1, -0.05) is 36.4 Å². The van der Waals surface area contributed by atoms with Crippen molar-refractivity contribution in [3.63, 3.8) is 0 Å². The lowest BCUT2D eigenvalue weighted by molar-refractivity contribution is 0.235. The van der Waals surface area contributed by atoms with Gasteiger partial charge in [-0.05, 0) is 35.5 Å². The lowest BCUT2D eigenvalue weighted by atomic mass is 10.1. The van der Waals surface area contributed by atoms with E-state index in [-0.39, 0.29) is 5.24 Å². The number of benzene rings is 2. The van der Waals surface area contributed by atoms with Crippen LogP contribution in [-0.2, 0) is 0 Å². The summed E-state index contributed by atoms with van der Waals surface area (Å²) in [4.78, 5) is 14.6. The zero-order chi connectivity index (χ0) is 12.3. The molecular weight excluding hydrogens is 230 g/mol. The third-order valence-corrected chi connectivity index (χ3v) is 3.80. The van der Waals surface area contributed by atoms with E-state index in [0.717, 1.165) is 16.8 Å². The van der Waals surface area contributed by atoms with E-state index >= 15 is 0 Å². The van der Waals surface area contributed by atoms with Crippen LogP contribution in [0, 0.1) is 0 Å². The Kier molecular flexibility index (Phi) is 3.69. The summed E-state index contributed by atoms with van der Waals surface area (Å²) >= 11 is 1.29. The van der Waals surface area contributed by atoms with Crippen LogP contribution < -0.4 is 0 Å². The number of carbonyl (C=O) groups excluding carboxylic acids is 1. The van der Waals surface area contributed by atoms with Crippen LogP contribution >= 0.6 is 11.8 Å². The van der Waals surface area contributed by atoms with Crippen LogP contribution in [0.5, 0.6) is 0 Å². The number of thioether (sulfide) groups is 1. The number of amides is 1. The fraction of sp³-hybridized carbons (Fsp3) is 0.214. The Morgan fingerprint density at radius 3 is 2.65 bits per heavy atom. The van der Waals surface area contributed by atoms with Crippen molar-refractivity contribution in [2.45, 2.75) is 11.8 Å². The van der Waals surface area contributed by atoms with Gasteiger partial charge in [-0.2, -0.15) is 0 Å². The molecule has 0 bridgehead atoms. The molecule has 2 aromatic carbocycles. The summed E-state index contributed by atoms with van der Waals surface area (Å²) in [6.07, 6.45) is 0. The van der Waals surface area contributed by atoms with Gasteiger partial charge < -0.3 is 4.90 Å². The highest BCUT2D eigenvalue weighted by molar-refractivity contribution is 8.13. The Bertz CT molecular complexity index is 533. The van der Waals surface area contributed by atoms with Crippen molar-refractivity contribution >= 4 is 27.8 Å². The molecule has 0 spiro atoms. The highest BCUT2D eigenvalue weighted by Crippen LogP contribution is 2.29. The topological polar surface area (TPSA) is 20.3 Å². The molecule has 0 aliphatic heterocycles. The summed E-state index contributed by atoms with van der Waals surface area (Å²) in [7, 11) is 1.82. The monoisotopic (exact) mass is 245 g/mol. The first-order valence-corrected chi connectivity index (χ1v) is 6.44. The van der Waals surface area contributed by atoms with Crippen LogP contribution in [0.1, 0.15) is 6.92 Å². The van der Waals surface area contributed by atoms with Crippen molar-refractivity contribution in [3.05, 3.63) is 42.5 Å². The molecule has 0 N–H and O–H groups in total. The lowest BCUT2D eigenvalue weighted by Crippen LogP contribution is -2.21. The molecule has 0 fully saturated rings. The normalized spacial score (nSPS) is 10.5. The minimum atomic E-state index is 0.0869. The molecular formula is C14H15NOS. The molecule has 0 aromatic heterocycles. The number of carbonyl (C=O) groups is 1. The van der Waals surface area contributed by atoms with Gasteiger partial charge in [0.1, 0.15) is 0 Å². The molecule has 0 atom stereocenters. The van der Waals surface area contributed by atoms with E-state index in [1.54, 1.807) is 4.90 Å². The van der Waals surface area contributed by atoms with Crippen LogP contribution in [0.4, 0.5) is 4.79 Å². The van der Waals surface area contributed by atoms with E-state index in [2.05, 4.69) is 18.2 Å². The molecule has 1 amide bonds. The molecule has 0 saturated heterocycles. The second-order valence-electron chi connectivity index (χ2n) is 3.86. The van der Waals surface area contributed by atoms with Crippen molar-refractivity contribution in [1.82, 2.24) is 4.90 Å². The van der Waals surface area contributed by atoms with E-state index in [1.165, 1.54) is 17.1 Å². The quantitative estimate of drug-likeness (QED) is 0.745. The van der Waals surface area contributed by atoms with E-state index < -0.39 is 0 Å². The van der Waals surface area contributed by atoms with Gasteiger partial charge in [0.15, 0.2) is 0 Å². The SMILES string of the molecule is CCN(C)C(=O)Sc1cccc2ccccc12. The van der Waals surface area contributed by atoms with Gasteiger partial charge in [0, 0.05) is 18.5 Å². The van der Waals surface area contributed by atoms with Crippen LogP contribution in [0.25, 0.3) is 10.8 Å². The van der Waals surface area contributed by atoms with Crippen LogP contribution in [0.3, 0.4) is 0 Å². The summed E-state index contributed by atoms with van der Waals surface area (Å²) in [6.45, 7) is 2.71. The first kappa shape index (κ1) is 12.0. The van der Waals surface area contributed by atoms with Crippen molar-refractivity contribution in [3.8, 4) is 0 Å². The maximum Gasteiger partial charge on any atom is 0.286 e. The highest BCUT2D eigenvalue weighted by Gasteiger charge is 2.10. The van der Waals surface area contributed by atoms with Crippen LogP contribution in [-0.4, -0.2) is 23.7 Å². The molecule has 3 heteroatoms. The largest absolute Gasteiger partial charge is 0.337 e.